The van der Waals surface area contributed by atoms with Crippen molar-refractivity contribution in [1.82, 2.24) is 0 Å². The maximum Gasteiger partial charge on any atom is 0.0930 e. The van der Waals surface area contributed by atoms with Gasteiger partial charge >= 0.3 is 0 Å². The molecule has 1 rings (SSSR count). The molecule has 0 aromatic heterocycles. The maximum atomic E-state index is 5.05. The van der Waals surface area contributed by atoms with E-state index in [1.807, 2.05) is 13.0 Å². The van der Waals surface area contributed by atoms with Crippen LogP contribution in [0.15, 0.2) is 30.0 Å². The molecule has 1 heteroatoms. The molecule has 0 aliphatic rings. The first kappa shape index (κ1) is 8.85. The first-order valence-electron chi connectivity index (χ1n) is 4.01. The van der Waals surface area contributed by atoms with Crippen molar-refractivity contribution in [2.24, 2.45) is 0 Å². The molecule has 0 spiro atoms. The second-order valence-corrected chi connectivity index (χ2v) is 2.87. The summed E-state index contributed by atoms with van der Waals surface area (Å²) >= 11 is 0. The van der Waals surface area contributed by atoms with Gasteiger partial charge in [0.05, 0.1) is 12.9 Å². The Bertz CT molecular complexity index is 270. The van der Waals surface area contributed by atoms with Gasteiger partial charge in [-0.25, -0.2) is 0 Å². The number of hydrogen-bond acceptors (Lipinski definition) is 1. The van der Waals surface area contributed by atoms with Crippen LogP contribution in [0.25, 0.3) is 6.08 Å². The first-order chi connectivity index (χ1) is 5.72. The summed E-state index contributed by atoms with van der Waals surface area (Å²) in [7, 11) is 1.68. The second kappa shape index (κ2) is 3.96. The lowest BCUT2D eigenvalue weighted by Crippen LogP contribution is -1.80. The largest absolute Gasteiger partial charge is 0.501 e. The molecule has 0 radical (unpaired) electrons. The zero-order valence-corrected chi connectivity index (χ0v) is 7.79. The van der Waals surface area contributed by atoms with E-state index >= 15 is 0 Å². The van der Waals surface area contributed by atoms with E-state index in [1.54, 1.807) is 7.11 Å². The van der Waals surface area contributed by atoms with Crippen molar-refractivity contribution in [3.63, 3.8) is 0 Å². The molecule has 0 aliphatic heterocycles. The molecule has 0 saturated heterocycles. The van der Waals surface area contributed by atoms with E-state index in [1.165, 1.54) is 11.1 Å². The fraction of sp³-hybridized carbons (Fsp3) is 0.273. The maximum absolute atomic E-state index is 5.05. The van der Waals surface area contributed by atoms with Crippen LogP contribution in [0.4, 0.5) is 0 Å². The SMILES string of the molecule is CO/C(C)=C\c1ccc(C)cc1. The molecule has 0 amide bonds. The molecule has 0 fully saturated rings. The van der Waals surface area contributed by atoms with Crippen molar-refractivity contribution in [3.8, 4) is 0 Å². The van der Waals surface area contributed by atoms with E-state index in [0.29, 0.717) is 0 Å². The minimum atomic E-state index is 0.929. The normalized spacial score (nSPS) is 11.4. The number of aryl methyl sites for hydroxylation is 1. The monoisotopic (exact) mass is 162 g/mol. The van der Waals surface area contributed by atoms with Crippen molar-refractivity contribution in [2.45, 2.75) is 13.8 Å². The number of rotatable bonds is 2. The molecule has 0 atom stereocenters. The third kappa shape index (κ3) is 2.42. The molecule has 1 aromatic carbocycles. The fourth-order valence-electron chi connectivity index (χ4n) is 0.956. The summed E-state index contributed by atoms with van der Waals surface area (Å²) in [6.45, 7) is 4.02. The summed E-state index contributed by atoms with van der Waals surface area (Å²) in [6, 6.07) is 8.35. The third-order valence-corrected chi connectivity index (χ3v) is 1.77. The van der Waals surface area contributed by atoms with Crippen LogP contribution in [0.2, 0.25) is 0 Å². The summed E-state index contributed by atoms with van der Waals surface area (Å²) in [5.41, 5.74) is 2.46. The van der Waals surface area contributed by atoms with Crippen molar-refractivity contribution in [2.75, 3.05) is 7.11 Å². The molecule has 64 valence electrons. The zero-order chi connectivity index (χ0) is 8.97. The van der Waals surface area contributed by atoms with Crippen molar-refractivity contribution in [3.05, 3.63) is 41.2 Å². The van der Waals surface area contributed by atoms with Crippen LogP contribution in [-0.2, 0) is 4.74 Å². The van der Waals surface area contributed by atoms with Gasteiger partial charge in [0, 0.05) is 0 Å². The number of allylic oxidation sites excluding steroid dienone is 1. The number of hydrogen-bond donors (Lipinski definition) is 0. The Morgan fingerprint density at radius 1 is 1.25 bits per heavy atom. The summed E-state index contributed by atoms with van der Waals surface area (Å²) in [5, 5.41) is 0. The molecular formula is C11H14O. The van der Waals surface area contributed by atoms with Gasteiger partial charge in [-0.05, 0) is 25.5 Å². The van der Waals surface area contributed by atoms with Gasteiger partial charge in [0.1, 0.15) is 0 Å². The van der Waals surface area contributed by atoms with Gasteiger partial charge in [-0.2, -0.15) is 0 Å². The Morgan fingerprint density at radius 3 is 2.33 bits per heavy atom. The Hall–Kier alpha value is -1.24. The molecule has 1 nitrogen and oxygen atoms in total. The molecule has 0 aliphatic carbocycles. The highest BCUT2D eigenvalue weighted by Gasteiger charge is 1.89. The molecule has 0 N–H and O–H groups in total. The predicted octanol–water partition coefficient (Wildman–Crippen LogP) is 3.00. The minimum Gasteiger partial charge on any atom is -0.501 e. The molecule has 0 saturated carbocycles. The summed E-state index contributed by atoms with van der Waals surface area (Å²) in [5.74, 6) is 0.929. The van der Waals surface area contributed by atoms with Crippen LogP contribution in [0.5, 0.6) is 0 Å². The van der Waals surface area contributed by atoms with E-state index in [2.05, 4.69) is 31.2 Å². The summed E-state index contributed by atoms with van der Waals surface area (Å²) in [6.07, 6.45) is 2.01. The molecular weight excluding hydrogens is 148 g/mol. The van der Waals surface area contributed by atoms with Gasteiger partial charge in [0.25, 0.3) is 0 Å². The van der Waals surface area contributed by atoms with E-state index in [9.17, 15) is 0 Å². The Labute approximate surface area is 73.7 Å². The van der Waals surface area contributed by atoms with Crippen molar-refractivity contribution < 1.29 is 4.74 Å². The Balaban J connectivity index is 2.84. The molecule has 1 aromatic rings. The molecule has 12 heavy (non-hydrogen) atoms. The Kier molecular flexibility index (Phi) is 2.92. The third-order valence-electron chi connectivity index (χ3n) is 1.77. The van der Waals surface area contributed by atoms with Crippen LogP contribution in [0.1, 0.15) is 18.1 Å². The van der Waals surface area contributed by atoms with Gasteiger partial charge in [-0.15, -0.1) is 0 Å². The highest BCUT2D eigenvalue weighted by Crippen LogP contribution is 2.08. The van der Waals surface area contributed by atoms with E-state index in [0.717, 1.165) is 5.76 Å². The van der Waals surface area contributed by atoms with Gasteiger partial charge in [0.2, 0.25) is 0 Å². The van der Waals surface area contributed by atoms with Crippen LogP contribution >= 0.6 is 0 Å². The topological polar surface area (TPSA) is 9.23 Å². The van der Waals surface area contributed by atoms with Crippen LogP contribution in [-0.4, -0.2) is 7.11 Å². The number of ether oxygens (including phenoxy) is 1. The smallest absolute Gasteiger partial charge is 0.0930 e. The lowest BCUT2D eigenvalue weighted by molar-refractivity contribution is 0.297. The van der Waals surface area contributed by atoms with Gasteiger partial charge < -0.3 is 4.74 Å². The zero-order valence-electron chi connectivity index (χ0n) is 7.79. The Morgan fingerprint density at radius 2 is 1.83 bits per heavy atom. The molecule has 0 unspecified atom stereocenters. The van der Waals surface area contributed by atoms with Crippen LogP contribution in [0, 0.1) is 6.92 Å². The lowest BCUT2D eigenvalue weighted by Gasteiger charge is -1.99. The van der Waals surface area contributed by atoms with Crippen LogP contribution in [0.3, 0.4) is 0 Å². The quantitative estimate of drug-likeness (QED) is 0.607. The number of benzene rings is 1. The van der Waals surface area contributed by atoms with E-state index in [-0.39, 0.29) is 0 Å². The second-order valence-electron chi connectivity index (χ2n) is 2.87. The minimum absolute atomic E-state index is 0.929. The lowest BCUT2D eigenvalue weighted by atomic mass is 10.1. The van der Waals surface area contributed by atoms with Crippen molar-refractivity contribution in [1.29, 1.82) is 0 Å². The summed E-state index contributed by atoms with van der Waals surface area (Å²) in [4.78, 5) is 0. The predicted molar refractivity (Wildman–Crippen MR) is 51.8 cm³/mol. The first-order valence-corrected chi connectivity index (χ1v) is 4.01. The summed E-state index contributed by atoms with van der Waals surface area (Å²) < 4.78 is 5.05. The van der Waals surface area contributed by atoms with E-state index in [4.69, 9.17) is 4.74 Å². The van der Waals surface area contributed by atoms with Crippen molar-refractivity contribution >= 4 is 6.08 Å². The number of methoxy groups -OCH3 is 1. The van der Waals surface area contributed by atoms with Gasteiger partial charge in [-0.1, -0.05) is 29.8 Å². The fourth-order valence-corrected chi connectivity index (χ4v) is 0.956. The van der Waals surface area contributed by atoms with E-state index < -0.39 is 0 Å². The molecule has 0 bridgehead atoms. The molecule has 0 heterocycles. The highest BCUT2D eigenvalue weighted by atomic mass is 16.5. The highest BCUT2D eigenvalue weighted by molar-refractivity contribution is 5.51. The average molecular weight is 162 g/mol. The van der Waals surface area contributed by atoms with Gasteiger partial charge in [-0.3, -0.25) is 0 Å². The van der Waals surface area contributed by atoms with Gasteiger partial charge in [0.15, 0.2) is 0 Å². The standard InChI is InChI=1S/C11H14O/c1-9-4-6-11(7-5-9)8-10(2)12-3/h4-8H,1-3H3/b10-8-. The van der Waals surface area contributed by atoms with Crippen LogP contribution < -0.4 is 0 Å². The average Bonchev–Trinajstić information content (AvgIpc) is 2.09.